The molecule has 0 fully saturated rings. The number of carbonyl (C=O) groups excluding carboxylic acids is 1. The molecule has 5 heteroatoms. The molecule has 0 aliphatic carbocycles. The van der Waals surface area contributed by atoms with Crippen LogP contribution in [0.1, 0.15) is 20.3 Å². The fourth-order valence-corrected chi connectivity index (χ4v) is 2.66. The number of carbonyl (C=O) groups is 1. The third kappa shape index (κ3) is 4.11. The van der Waals surface area contributed by atoms with Gasteiger partial charge in [-0.05, 0) is 36.6 Å². The van der Waals surface area contributed by atoms with Gasteiger partial charge in [0.15, 0.2) is 6.61 Å². The summed E-state index contributed by atoms with van der Waals surface area (Å²) in [5.74, 6) is 0.295. The van der Waals surface area contributed by atoms with Crippen LogP contribution in [0.4, 0.5) is 0 Å². The Balaban J connectivity index is 1.86. The first-order valence-electron chi connectivity index (χ1n) is 8.62. The van der Waals surface area contributed by atoms with Crippen LogP contribution in [0.2, 0.25) is 0 Å². The zero-order valence-electron chi connectivity index (χ0n) is 14.8. The van der Waals surface area contributed by atoms with E-state index in [4.69, 9.17) is 9.15 Å². The minimum atomic E-state index is -0.428. The minimum absolute atomic E-state index is 0.0849. The Hall–Kier alpha value is -3.08. The van der Waals surface area contributed by atoms with Gasteiger partial charge < -0.3 is 14.5 Å². The van der Waals surface area contributed by atoms with Crippen LogP contribution >= 0.6 is 0 Å². The van der Waals surface area contributed by atoms with Crippen molar-refractivity contribution >= 4 is 16.9 Å². The van der Waals surface area contributed by atoms with Crippen LogP contribution in [0.5, 0.6) is 5.75 Å². The molecule has 0 bridgehead atoms. The van der Waals surface area contributed by atoms with E-state index < -0.39 is 5.63 Å². The van der Waals surface area contributed by atoms with E-state index in [9.17, 15) is 9.59 Å². The Morgan fingerprint density at radius 1 is 1.15 bits per heavy atom. The van der Waals surface area contributed by atoms with E-state index in [1.807, 2.05) is 50.2 Å². The molecule has 3 aromatic rings. The van der Waals surface area contributed by atoms with E-state index in [-0.39, 0.29) is 18.6 Å². The Labute approximate surface area is 151 Å². The summed E-state index contributed by atoms with van der Waals surface area (Å²) in [5.41, 5.74) is 1.74. The van der Waals surface area contributed by atoms with Crippen molar-refractivity contribution in [2.24, 2.45) is 0 Å². The molecule has 0 radical (unpaired) electrons. The van der Waals surface area contributed by atoms with Crippen LogP contribution in [0.3, 0.4) is 0 Å². The molecule has 26 heavy (non-hydrogen) atoms. The summed E-state index contributed by atoms with van der Waals surface area (Å²) in [7, 11) is 0. The molecule has 0 aliphatic heterocycles. The lowest BCUT2D eigenvalue weighted by Crippen LogP contribution is -2.35. The van der Waals surface area contributed by atoms with Crippen LogP contribution < -0.4 is 15.7 Å². The number of fused-ring (bicyclic) bond motifs is 1. The molecule has 0 saturated heterocycles. The van der Waals surface area contributed by atoms with E-state index in [0.29, 0.717) is 11.3 Å². The van der Waals surface area contributed by atoms with Gasteiger partial charge in [0, 0.05) is 23.6 Å². The van der Waals surface area contributed by atoms with Crippen molar-refractivity contribution in [3.05, 3.63) is 65.0 Å². The average molecular weight is 351 g/mol. The molecular formula is C21H21NO4. The molecule has 1 heterocycles. The molecule has 134 valence electrons. The van der Waals surface area contributed by atoms with Crippen LogP contribution in [0.25, 0.3) is 22.1 Å². The highest BCUT2D eigenvalue weighted by atomic mass is 16.5. The molecule has 0 saturated carbocycles. The smallest absolute Gasteiger partial charge is 0.336 e. The fourth-order valence-electron chi connectivity index (χ4n) is 2.66. The van der Waals surface area contributed by atoms with Gasteiger partial charge in [-0.3, -0.25) is 4.79 Å². The lowest BCUT2D eigenvalue weighted by molar-refractivity contribution is -0.123. The van der Waals surface area contributed by atoms with Crippen molar-refractivity contribution in [1.29, 1.82) is 0 Å². The van der Waals surface area contributed by atoms with Gasteiger partial charge in [-0.25, -0.2) is 4.79 Å². The second-order valence-electron chi connectivity index (χ2n) is 6.17. The molecule has 1 atom stereocenters. The molecule has 5 nitrogen and oxygen atoms in total. The highest BCUT2D eigenvalue weighted by Crippen LogP contribution is 2.29. The van der Waals surface area contributed by atoms with Crippen molar-refractivity contribution in [3.63, 3.8) is 0 Å². The maximum atomic E-state index is 11.9. The standard InChI is InChI=1S/C21H21NO4/c1-3-14(2)22-20(23)13-25-16-9-10-17-18(15-7-5-4-6-8-15)12-21(24)26-19(17)11-16/h4-12,14H,3,13H2,1-2H3,(H,22,23)/t14-/m0/s1. The molecule has 1 N–H and O–H groups in total. The Morgan fingerprint density at radius 2 is 1.92 bits per heavy atom. The first-order valence-corrected chi connectivity index (χ1v) is 8.62. The summed E-state index contributed by atoms with van der Waals surface area (Å²) in [4.78, 5) is 23.8. The number of rotatable bonds is 6. The van der Waals surface area contributed by atoms with E-state index in [2.05, 4.69) is 5.32 Å². The molecule has 3 rings (SSSR count). The van der Waals surface area contributed by atoms with Crippen LogP contribution in [-0.4, -0.2) is 18.6 Å². The van der Waals surface area contributed by atoms with Gasteiger partial charge >= 0.3 is 5.63 Å². The number of benzene rings is 2. The van der Waals surface area contributed by atoms with Gasteiger partial charge in [0.2, 0.25) is 0 Å². The summed E-state index contributed by atoms with van der Waals surface area (Å²) in [6.07, 6.45) is 0.856. The maximum Gasteiger partial charge on any atom is 0.336 e. The monoisotopic (exact) mass is 351 g/mol. The first-order chi connectivity index (χ1) is 12.6. The summed E-state index contributed by atoms with van der Waals surface area (Å²) in [6, 6.07) is 16.5. The van der Waals surface area contributed by atoms with Crippen molar-refractivity contribution in [1.82, 2.24) is 5.32 Å². The van der Waals surface area contributed by atoms with Crippen molar-refractivity contribution in [3.8, 4) is 16.9 Å². The molecule has 0 aliphatic rings. The lowest BCUT2D eigenvalue weighted by atomic mass is 10.0. The Bertz CT molecular complexity index is 963. The molecule has 0 unspecified atom stereocenters. The third-order valence-electron chi connectivity index (χ3n) is 4.19. The molecule has 1 aromatic heterocycles. The zero-order chi connectivity index (χ0) is 18.5. The molecular weight excluding hydrogens is 330 g/mol. The lowest BCUT2D eigenvalue weighted by Gasteiger charge is -2.12. The van der Waals surface area contributed by atoms with Gasteiger partial charge in [0.25, 0.3) is 5.91 Å². The largest absolute Gasteiger partial charge is 0.484 e. The quantitative estimate of drug-likeness (QED) is 0.687. The highest BCUT2D eigenvalue weighted by molar-refractivity contribution is 5.93. The van der Waals surface area contributed by atoms with E-state index in [1.165, 1.54) is 6.07 Å². The molecule has 0 spiro atoms. The summed E-state index contributed by atoms with van der Waals surface area (Å²) >= 11 is 0. The maximum absolute atomic E-state index is 11.9. The Morgan fingerprint density at radius 3 is 2.65 bits per heavy atom. The highest BCUT2D eigenvalue weighted by Gasteiger charge is 2.10. The van der Waals surface area contributed by atoms with E-state index in [0.717, 1.165) is 22.9 Å². The van der Waals surface area contributed by atoms with Crippen molar-refractivity contribution in [2.45, 2.75) is 26.3 Å². The SMILES string of the molecule is CC[C@H](C)NC(=O)COc1ccc2c(-c3ccccc3)cc(=O)oc2c1. The topological polar surface area (TPSA) is 68.5 Å². The van der Waals surface area contributed by atoms with Gasteiger partial charge in [-0.1, -0.05) is 37.3 Å². The summed E-state index contributed by atoms with van der Waals surface area (Å²) < 4.78 is 10.8. The van der Waals surface area contributed by atoms with Gasteiger partial charge in [0.05, 0.1) is 0 Å². The van der Waals surface area contributed by atoms with Crippen LogP contribution in [-0.2, 0) is 4.79 Å². The molecule has 1 amide bonds. The number of hydrogen-bond donors (Lipinski definition) is 1. The van der Waals surface area contributed by atoms with Gasteiger partial charge in [0.1, 0.15) is 11.3 Å². The number of amides is 1. The number of nitrogens with one attached hydrogen (secondary N) is 1. The van der Waals surface area contributed by atoms with Crippen LogP contribution in [0, 0.1) is 0 Å². The minimum Gasteiger partial charge on any atom is -0.484 e. The fraction of sp³-hybridized carbons (Fsp3) is 0.238. The summed E-state index contributed by atoms with van der Waals surface area (Å²) in [5, 5.41) is 3.65. The Kier molecular flexibility index (Phi) is 5.37. The predicted octanol–water partition coefficient (Wildman–Crippen LogP) is 3.75. The van der Waals surface area contributed by atoms with Crippen molar-refractivity contribution in [2.75, 3.05) is 6.61 Å². The van der Waals surface area contributed by atoms with Crippen molar-refractivity contribution < 1.29 is 13.9 Å². The zero-order valence-corrected chi connectivity index (χ0v) is 14.8. The second-order valence-corrected chi connectivity index (χ2v) is 6.17. The third-order valence-corrected chi connectivity index (χ3v) is 4.19. The normalized spacial score (nSPS) is 11.9. The summed E-state index contributed by atoms with van der Waals surface area (Å²) in [6.45, 7) is 3.85. The van der Waals surface area contributed by atoms with Gasteiger partial charge in [-0.15, -0.1) is 0 Å². The van der Waals surface area contributed by atoms with Crippen LogP contribution in [0.15, 0.2) is 63.8 Å². The number of ether oxygens (including phenoxy) is 1. The molecule has 2 aromatic carbocycles. The first kappa shape index (κ1) is 17.7. The van der Waals surface area contributed by atoms with Gasteiger partial charge in [-0.2, -0.15) is 0 Å². The van der Waals surface area contributed by atoms with E-state index >= 15 is 0 Å². The average Bonchev–Trinajstić information content (AvgIpc) is 2.66. The van der Waals surface area contributed by atoms with E-state index in [1.54, 1.807) is 12.1 Å². The predicted molar refractivity (Wildman–Crippen MR) is 101 cm³/mol. The number of hydrogen-bond acceptors (Lipinski definition) is 4. The second kappa shape index (κ2) is 7.87.